The van der Waals surface area contributed by atoms with Crippen molar-refractivity contribution in [2.75, 3.05) is 24.1 Å². The topological polar surface area (TPSA) is 89.8 Å². The van der Waals surface area contributed by atoms with Crippen molar-refractivity contribution in [3.63, 3.8) is 0 Å². The maximum absolute atomic E-state index is 5.38. The fourth-order valence-corrected chi connectivity index (χ4v) is 0.865. The van der Waals surface area contributed by atoms with Gasteiger partial charge in [-0.3, -0.25) is 0 Å². The summed E-state index contributed by atoms with van der Waals surface area (Å²) in [4.78, 5) is 7.85. The Morgan fingerprint density at radius 1 is 1.58 bits per heavy atom. The molecule has 0 aliphatic rings. The molecule has 66 valence electrons. The molecule has 1 heterocycles. The summed E-state index contributed by atoms with van der Waals surface area (Å²) in [6.07, 6.45) is 1.66. The summed E-state index contributed by atoms with van der Waals surface area (Å²) in [5.41, 5.74) is 12.4. The van der Waals surface area contributed by atoms with E-state index in [0.29, 0.717) is 19.0 Å². The first-order valence-corrected chi connectivity index (χ1v) is 3.77. The minimum Gasteiger partial charge on any atom is -0.381 e. The molecule has 0 aliphatic heterocycles. The maximum atomic E-state index is 5.38. The summed E-state index contributed by atoms with van der Waals surface area (Å²) >= 11 is 0. The lowest BCUT2D eigenvalue weighted by molar-refractivity contribution is 1.01. The SMILES string of the molecule is Cc1nc(N)ncc1NCCN. The van der Waals surface area contributed by atoms with Gasteiger partial charge in [0.05, 0.1) is 17.6 Å². The van der Waals surface area contributed by atoms with Gasteiger partial charge in [-0.25, -0.2) is 9.97 Å². The Balaban J connectivity index is 2.72. The van der Waals surface area contributed by atoms with Crippen molar-refractivity contribution in [1.82, 2.24) is 9.97 Å². The van der Waals surface area contributed by atoms with Crippen LogP contribution in [0.1, 0.15) is 5.69 Å². The van der Waals surface area contributed by atoms with E-state index in [0.717, 1.165) is 11.4 Å². The Morgan fingerprint density at radius 2 is 2.33 bits per heavy atom. The van der Waals surface area contributed by atoms with Crippen LogP contribution in [0.4, 0.5) is 11.6 Å². The zero-order valence-corrected chi connectivity index (χ0v) is 7.04. The summed E-state index contributed by atoms with van der Waals surface area (Å²) in [6, 6.07) is 0. The van der Waals surface area contributed by atoms with Crippen LogP contribution in [0.3, 0.4) is 0 Å². The molecule has 0 atom stereocenters. The summed E-state index contributed by atoms with van der Waals surface area (Å²) in [7, 11) is 0. The molecule has 1 aromatic rings. The molecule has 0 saturated heterocycles. The lowest BCUT2D eigenvalue weighted by atomic mass is 10.3. The molecule has 1 aromatic heterocycles. The predicted molar refractivity (Wildman–Crippen MR) is 48.7 cm³/mol. The average molecular weight is 167 g/mol. The van der Waals surface area contributed by atoms with Crippen LogP contribution in [-0.4, -0.2) is 23.1 Å². The van der Waals surface area contributed by atoms with Gasteiger partial charge in [-0.1, -0.05) is 0 Å². The number of aromatic nitrogens is 2. The first-order chi connectivity index (χ1) is 5.74. The molecule has 0 fully saturated rings. The minimum absolute atomic E-state index is 0.297. The lowest BCUT2D eigenvalue weighted by Gasteiger charge is -2.06. The fourth-order valence-electron chi connectivity index (χ4n) is 0.865. The highest BCUT2D eigenvalue weighted by Crippen LogP contribution is 2.09. The van der Waals surface area contributed by atoms with Crippen molar-refractivity contribution >= 4 is 11.6 Å². The van der Waals surface area contributed by atoms with Gasteiger partial charge in [0.2, 0.25) is 5.95 Å². The van der Waals surface area contributed by atoms with Gasteiger partial charge < -0.3 is 16.8 Å². The predicted octanol–water partition coefficient (Wildman–Crippen LogP) is -0.262. The van der Waals surface area contributed by atoms with Gasteiger partial charge >= 0.3 is 0 Å². The molecule has 0 aliphatic carbocycles. The molecule has 0 aromatic carbocycles. The molecule has 5 heteroatoms. The lowest BCUT2D eigenvalue weighted by Crippen LogP contribution is -2.14. The Labute approximate surface area is 71.2 Å². The normalized spacial score (nSPS) is 9.83. The van der Waals surface area contributed by atoms with E-state index in [1.165, 1.54) is 0 Å². The monoisotopic (exact) mass is 167 g/mol. The van der Waals surface area contributed by atoms with Crippen LogP contribution in [0, 0.1) is 6.92 Å². The van der Waals surface area contributed by atoms with Gasteiger partial charge in [0.1, 0.15) is 0 Å². The fraction of sp³-hybridized carbons (Fsp3) is 0.429. The molecule has 5 N–H and O–H groups in total. The third kappa shape index (κ3) is 2.06. The number of aryl methyl sites for hydroxylation is 1. The largest absolute Gasteiger partial charge is 0.381 e. The molecule has 5 nitrogen and oxygen atoms in total. The highest BCUT2D eigenvalue weighted by molar-refractivity contribution is 5.46. The average Bonchev–Trinajstić information content (AvgIpc) is 2.03. The van der Waals surface area contributed by atoms with Crippen molar-refractivity contribution in [3.8, 4) is 0 Å². The second-order valence-corrected chi connectivity index (χ2v) is 2.44. The van der Waals surface area contributed by atoms with Gasteiger partial charge in [0.15, 0.2) is 0 Å². The molecular formula is C7H13N5. The zero-order chi connectivity index (χ0) is 8.97. The molecule has 0 bridgehead atoms. The van der Waals surface area contributed by atoms with Crippen LogP contribution in [0.25, 0.3) is 0 Å². The van der Waals surface area contributed by atoms with Gasteiger partial charge in [0, 0.05) is 13.1 Å². The summed E-state index contributed by atoms with van der Waals surface area (Å²) in [5.74, 6) is 0.297. The number of hydrogen-bond donors (Lipinski definition) is 3. The number of rotatable bonds is 3. The molecule has 0 saturated carbocycles. The van der Waals surface area contributed by atoms with Gasteiger partial charge in [-0.05, 0) is 6.92 Å². The third-order valence-corrected chi connectivity index (χ3v) is 1.46. The first-order valence-electron chi connectivity index (χ1n) is 3.77. The number of nitrogens with two attached hydrogens (primary N) is 2. The van der Waals surface area contributed by atoms with E-state index in [1.807, 2.05) is 6.92 Å². The molecule has 0 unspecified atom stereocenters. The van der Waals surface area contributed by atoms with Gasteiger partial charge in [-0.15, -0.1) is 0 Å². The summed E-state index contributed by atoms with van der Waals surface area (Å²) in [6.45, 7) is 3.18. The Hall–Kier alpha value is -1.36. The van der Waals surface area contributed by atoms with Crippen LogP contribution in [0.2, 0.25) is 0 Å². The highest BCUT2D eigenvalue weighted by atomic mass is 15.0. The van der Waals surface area contributed by atoms with E-state index in [4.69, 9.17) is 11.5 Å². The molecule has 1 rings (SSSR count). The number of nitrogens with one attached hydrogen (secondary N) is 1. The Bertz CT molecular complexity index is 260. The van der Waals surface area contributed by atoms with Crippen molar-refractivity contribution in [2.24, 2.45) is 5.73 Å². The Morgan fingerprint density at radius 3 is 2.92 bits per heavy atom. The van der Waals surface area contributed by atoms with Gasteiger partial charge in [-0.2, -0.15) is 0 Å². The molecular weight excluding hydrogens is 154 g/mol. The number of hydrogen-bond acceptors (Lipinski definition) is 5. The van der Waals surface area contributed by atoms with Gasteiger partial charge in [0.25, 0.3) is 0 Å². The van der Waals surface area contributed by atoms with E-state index >= 15 is 0 Å². The number of nitrogen functional groups attached to an aromatic ring is 1. The van der Waals surface area contributed by atoms with E-state index in [1.54, 1.807) is 6.20 Å². The minimum atomic E-state index is 0.297. The molecule has 12 heavy (non-hydrogen) atoms. The molecule has 0 amide bonds. The summed E-state index contributed by atoms with van der Waals surface area (Å²) in [5, 5.41) is 3.08. The number of anilines is 2. The van der Waals surface area contributed by atoms with Crippen LogP contribution < -0.4 is 16.8 Å². The van der Waals surface area contributed by atoms with Crippen molar-refractivity contribution in [3.05, 3.63) is 11.9 Å². The number of nitrogens with zero attached hydrogens (tertiary/aromatic N) is 2. The van der Waals surface area contributed by atoms with E-state index in [-0.39, 0.29) is 0 Å². The van der Waals surface area contributed by atoms with Crippen molar-refractivity contribution < 1.29 is 0 Å². The van der Waals surface area contributed by atoms with Crippen LogP contribution in [0.15, 0.2) is 6.20 Å². The smallest absolute Gasteiger partial charge is 0.220 e. The van der Waals surface area contributed by atoms with Crippen LogP contribution >= 0.6 is 0 Å². The van der Waals surface area contributed by atoms with Crippen molar-refractivity contribution in [2.45, 2.75) is 6.92 Å². The maximum Gasteiger partial charge on any atom is 0.220 e. The van der Waals surface area contributed by atoms with Crippen molar-refractivity contribution in [1.29, 1.82) is 0 Å². The standard InChI is InChI=1S/C7H13N5/c1-5-6(10-3-2-8)4-11-7(9)12-5/h4,10H,2-3,8H2,1H3,(H2,9,11,12). The molecule has 0 spiro atoms. The second-order valence-electron chi connectivity index (χ2n) is 2.44. The van der Waals surface area contributed by atoms with E-state index in [2.05, 4.69) is 15.3 Å². The van der Waals surface area contributed by atoms with E-state index < -0.39 is 0 Å². The van der Waals surface area contributed by atoms with Crippen LogP contribution in [-0.2, 0) is 0 Å². The second kappa shape index (κ2) is 3.87. The summed E-state index contributed by atoms with van der Waals surface area (Å²) < 4.78 is 0. The third-order valence-electron chi connectivity index (χ3n) is 1.46. The zero-order valence-electron chi connectivity index (χ0n) is 7.04. The molecule has 0 radical (unpaired) electrons. The van der Waals surface area contributed by atoms with E-state index in [9.17, 15) is 0 Å². The Kier molecular flexibility index (Phi) is 2.82. The quantitative estimate of drug-likeness (QED) is 0.577. The highest BCUT2D eigenvalue weighted by Gasteiger charge is 1.98. The van der Waals surface area contributed by atoms with Crippen LogP contribution in [0.5, 0.6) is 0 Å². The first kappa shape index (κ1) is 8.73.